The number of nitrogens with one attached hydrogen (secondary N) is 1. The average Bonchev–Trinajstić information content (AvgIpc) is 2.92. The third-order valence-electron chi connectivity index (χ3n) is 3.41. The Morgan fingerprint density at radius 1 is 1.52 bits per heavy atom. The summed E-state index contributed by atoms with van der Waals surface area (Å²) in [6, 6.07) is 4.29. The van der Waals surface area contributed by atoms with E-state index in [1.165, 1.54) is 0 Å². The second kappa shape index (κ2) is 10.3. The molecule has 0 unspecified atom stereocenters. The number of guanidine groups is 1. The van der Waals surface area contributed by atoms with E-state index < -0.39 is 0 Å². The van der Waals surface area contributed by atoms with Crippen molar-refractivity contribution in [2.24, 2.45) is 10.7 Å². The van der Waals surface area contributed by atoms with Crippen LogP contribution in [0.2, 0.25) is 0 Å². The third-order valence-corrected chi connectivity index (χ3v) is 5.02. The maximum atomic E-state index is 11.6. The summed E-state index contributed by atoms with van der Waals surface area (Å²) in [7, 11) is 0. The van der Waals surface area contributed by atoms with Gasteiger partial charge in [0.2, 0.25) is 0 Å². The lowest BCUT2D eigenvalue weighted by Crippen LogP contribution is -2.48. The summed E-state index contributed by atoms with van der Waals surface area (Å²) in [5.74, 6) is 0.458. The molecule has 130 valence electrons. The SMILES string of the molecule is CCOC(=O)N1CCC(NC(N)=NCc2ccc(Br)s2)CC1.I. The zero-order valence-corrected chi connectivity index (χ0v) is 17.7. The molecule has 0 aromatic carbocycles. The first-order valence-corrected chi connectivity index (χ1v) is 8.91. The Morgan fingerprint density at radius 2 is 2.22 bits per heavy atom. The number of rotatable bonds is 4. The molecule has 23 heavy (non-hydrogen) atoms. The van der Waals surface area contributed by atoms with Crippen LogP contribution in [0.4, 0.5) is 4.79 Å². The number of ether oxygens (including phenoxy) is 1. The summed E-state index contributed by atoms with van der Waals surface area (Å²) in [5.41, 5.74) is 5.93. The highest BCUT2D eigenvalue weighted by Crippen LogP contribution is 2.22. The van der Waals surface area contributed by atoms with E-state index in [9.17, 15) is 4.79 Å². The minimum atomic E-state index is -0.231. The monoisotopic (exact) mass is 516 g/mol. The molecule has 1 saturated heterocycles. The van der Waals surface area contributed by atoms with Crippen molar-refractivity contribution in [3.8, 4) is 0 Å². The van der Waals surface area contributed by atoms with Crippen molar-refractivity contribution < 1.29 is 9.53 Å². The molecular weight excluding hydrogens is 495 g/mol. The van der Waals surface area contributed by atoms with Gasteiger partial charge in [-0.2, -0.15) is 0 Å². The summed E-state index contributed by atoms with van der Waals surface area (Å²) in [4.78, 5) is 18.9. The van der Waals surface area contributed by atoms with Gasteiger partial charge in [-0.25, -0.2) is 9.79 Å². The van der Waals surface area contributed by atoms with Crippen molar-refractivity contribution in [2.75, 3.05) is 19.7 Å². The molecule has 0 radical (unpaired) electrons. The molecule has 0 bridgehead atoms. The van der Waals surface area contributed by atoms with Crippen LogP contribution in [-0.2, 0) is 11.3 Å². The van der Waals surface area contributed by atoms with Crippen LogP contribution in [0.3, 0.4) is 0 Å². The number of nitrogens with zero attached hydrogens (tertiary/aromatic N) is 2. The Labute approximate surface area is 166 Å². The van der Waals surface area contributed by atoms with Gasteiger partial charge in [0.1, 0.15) is 0 Å². The normalized spacial score (nSPS) is 15.9. The smallest absolute Gasteiger partial charge is 0.409 e. The topological polar surface area (TPSA) is 80.0 Å². The quantitative estimate of drug-likeness (QED) is 0.366. The van der Waals surface area contributed by atoms with Crippen LogP contribution in [0.1, 0.15) is 24.6 Å². The van der Waals surface area contributed by atoms with Gasteiger partial charge in [-0.3, -0.25) is 0 Å². The van der Waals surface area contributed by atoms with Gasteiger partial charge in [0.15, 0.2) is 5.96 Å². The number of carbonyl (C=O) groups is 1. The van der Waals surface area contributed by atoms with Gasteiger partial charge >= 0.3 is 6.09 Å². The number of aliphatic imine (C=N–C) groups is 1. The molecular formula is C14H22BrIN4O2S. The van der Waals surface area contributed by atoms with E-state index in [4.69, 9.17) is 10.5 Å². The molecule has 0 saturated carbocycles. The summed E-state index contributed by atoms with van der Waals surface area (Å²) >= 11 is 5.08. The number of hydrogen-bond acceptors (Lipinski definition) is 4. The molecule has 1 aliphatic rings. The molecule has 6 nitrogen and oxygen atoms in total. The Balaban J connectivity index is 0.00000264. The Hall–Kier alpha value is -0.550. The number of halogens is 2. The fraction of sp³-hybridized carbons (Fsp3) is 0.571. The molecule has 9 heteroatoms. The maximum absolute atomic E-state index is 11.6. The standard InChI is InChI=1S/C14H21BrN4O2S.HI/c1-2-21-14(20)19-7-5-10(6-8-19)18-13(16)17-9-11-3-4-12(15)22-11;/h3-4,10H,2,5-9H2,1H3,(H3,16,17,18);1H. The fourth-order valence-electron chi connectivity index (χ4n) is 2.28. The molecule has 3 N–H and O–H groups in total. The largest absolute Gasteiger partial charge is 0.450 e. The minimum absolute atomic E-state index is 0. The zero-order valence-electron chi connectivity index (χ0n) is 13.0. The number of amides is 1. The average molecular weight is 517 g/mol. The molecule has 0 aliphatic carbocycles. The first-order chi connectivity index (χ1) is 10.6. The van der Waals surface area contributed by atoms with Crippen molar-refractivity contribution in [3.63, 3.8) is 0 Å². The molecule has 1 aromatic rings. The third kappa shape index (κ3) is 6.84. The molecule has 0 spiro atoms. The number of nitrogens with two attached hydrogens (primary N) is 1. The molecule has 2 heterocycles. The minimum Gasteiger partial charge on any atom is -0.450 e. The van der Waals surface area contributed by atoms with Crippen molar-refractivity contribution in [1.82, 2.24) is 10.2 Å². The second-order valence-electron chi connectivity index (χ2n) is 5.01. The van der Waals surface area contributed by atoms with Gasteiger partial charge < -0.3 is 20.7 Å². The van der Waals surface area contributed by atoms with Crippen LogP contribution in [0, 0.1) is 0 Å². The molecule has 2 rings (SSSR count). The highest BCUT2D eigenvalue weighted by Gasteiger charge is 2.23. The predicted octanol–water partition coefficient (Wildman–Crippen LogP) is 3.15. The van der Waals surface area contributed by atoms with E-state index >= 15 is 0 Å². The molecule has 1 fully saturated rings. The van der Waals surface area contributed by atoms with Gasteiger partial charge in [0.25, 0.3) is 0 Å². The molecule has 1 aliphatic heterocycles. The predicted molar refractivity (Wildman–Crippen MR) is 108 cm³/mol. The summed E-state index contributed by atoms with van der Waals surface area (Å²) in [6.07, 6.45) is 1.46. The summed E-state index contributed by atoms with van der Waals surface area (Å²) < 4.78 is 6.10. The van der Waals surface area contributed by atoms with E-state index in [-0.39, 0.29) is 36.1 Å². The zero-order chi connectivity index (χ0) is 15.9. The van der Waals surface area contributed by atoms with Crippen LogP contribution in [-0.4, -0.2) is 42.7 Å². The van der Waals surface area contributed by atoms with E-state index in [1.807, 2.05) is 19.1 Å². The lowest BCUT2D eigenvalue weighted by Gasteiger charge is -2.31. The van der Waals surface area contributed by atoms with E-state index in [1.54, 1.807) is 16.2 Å². The number of carbonyl (C=O) groups excluding carboxylic acids is 1. The number of likely N-dealkylation sites (tertiary alicyclic amines) is 1. The van der Waals surface area contributed by atoms with E-state index in [0.29, 0.717) is 32.2 Å². The molecule has 1 amide bonds. The first-order valence-electron chi connectivity index (χ1n) is 7.31. The summed E-state index contributed by atoms with van der Waals surface area (Å²) in [6.45, 7) is 4.17. The highest BCUT2D eigenvalue weighted by atomic mass is 127. The molecule has 1 aromatic heterocycles. The Morgan fingerprint density at radius 3 is 2.78 bits per heavy atom. The van der Waals surface area contributed by atoms with Gasteiger partial charge in [-0.1, -0.05) is 0 Å². The van der Waals surface area contributed by atoms with Crippen LogP contribution < -0.4 is 11.1 Å². The van der Waals surface area contributed by atoms with E-state index in [2.05, 4.69) is 26.2 Å². The Bertz CT molecular complexity index is 533. The lowest BCUT2D eigenvalue weighted by atomic mass is 10.1. The highest BCUT2D eigenvalue weighted by molar-refractivity contribution is 14.0. The van der Waals surface area contributed by atoms with Crippen molar-refractivity contribution >= 4 is 63.3 Å². The second-order valence-corrected chi connectivity index (χ2v) is 7.56. The van der Waals surface area contributed by atoms with Crippen LogP contribution in [0.25, 0.3) is 0 Å². The first kappa shape index (κ1) is 20.5. The van der Waals surface area contributed by atoms with Crippen molar-refractivity contribution in [3.05, 3.63) is 20.8 Å². The van der Waals surface area contributed by atoms with E-state index in [0.717, 1.165) is 21.5 Å². The van der Waals surface area contributed by atoms with Gasteiger partial charge in [0.05, 0.1) is 16.9 Å². The fourth-order valence-corrected chi connectivity index (χ4v) is 3.68. The Kier molecular flexibility index (Phi) is 9.22. The summed E-state index contributed by atoms with van der Waals surface area (Å²) in [5, 5.41) is 3.23. The van der Waals surface area contributed by atoms with Gasteiger partial charge in [-0.15, -0.1) is 35.3 Å². The van der Waals surface area contributed by atoms with Crippen LogP contribution >= 0.6 is 51.2 Å². The number of piperidine rings is 1. The number of thiophene rings is 1. The molecule has 0 atom stereocenters. The van der Waals surface area contributed by atoms with Crippen LogP contribution in [0.5, 0.6) is 0 Å². The lowest BCUT2D eigenvalue weighted by molar-refractivity contribution is 0.0963. The van der Waals surface area contributed by atoms with Crippen LogP contribution in [0.15, 0.2) is 20.9 Å². The van der Waals surface area contributed by atoms with Crippen molar-refractivity contribution in [1.29, 1.82) is 0 Å². The van der Waals surface area contributed by atoms with Gasteiger partial charge in [0, 0.05) is 24.0 Å². The van der Waals surface area contributed by atoms with Gasteiger partial charge in [-0.05, 0) is 47.8 Å². The van der Waals surface area contributed by atoms with Crippen molar-refractivity contribution in [2.45, 2.75) is 32.4 Å². The number of hydrogen-bond donors (Lipinski definition) is 2. The maximum Gasteiger partial charge on any atom is 0.409 e.